The second-order valence-electron chi connectivity index (χ2n) is 6.20. The smallest absolute Gasteiger partial charge is 0.251 e. The maximum atomic E-state index is 13.9. The molecule has 0 spiro atoms. The maximum absolute atomic E-state index is 13.9. The van der Waals surface area contributed by atoms with Crippen LogP contribution in [0.3, 0.4) is 0 Å². The molecule has 0 saturated heterocycles. The van der Waals surface area contributed by atoms with Gasteiger partial charge in [-0.3, -0.25) is 9.59 Å². The van der Waals surface area contributed by atoms with Crippen LogP contribution in [0, 0.1) is 5.82 Å². The summed E-state index contributed by atoms with van der Waals surface area (Å²) in [4.78, 5) is 23.5. The first-order chi connectivity index (χ1) is 14.2. The van der Waals surface area contributed by atoms with Crippen LogP contribution in [0.25, 0.3) is 0 Å². The van der Waals surface area contributed by atoms with E-state index < -0.39 is 26.6 Å². The Hall–Kier alpha value is -2.75. The van der Waals surface area contributed by atoms with Crippen molar-refractivity contribution < 1.29 is 22.4 Å². The van der Waals surface area contributed by atoms with E-state index in [-0.39, 0.29) is 31.0 Å². The third kappa shape index (κ3) is 6.94. The van der Waals surface area contributed by atoms with E-state index in [2.05, 4.69) is 21.9 Å². The van der Waals surface area contributed by atoms with Crippen LogP contribution >= 0.6 is 11.6 Å². The standard InChI is InChI=1S/C20H21ClFN3O4S/c1-2-11-24-30(28,29)18-13-14(5-10-17(18)22)20(27)23-12-3-4-19(26)25-16-8-6-15(21)7-9-16/h2,5-10,13,24H,1,3-4,11-12H2,(H,23,27)(H,25,26). The molecule has 0 aromatic heterocycles. The zero-order valence-electron chi connectivity index (χ0n) is 16.0. The van der Waals surface area contributed by atoms with Crippen LogP contribution in [0.2, 0.25) is 5.02 Å². The van der Waals surface area contributed by atoms with E-state index in [1.54, 1.807) is 24.3 Å². The first-order valence-corrected chi connectivity index (χ1v) is 10.8. The molecule has 0 atom stereocenters. The van der Waals surface area contributed by atoms with Gasteiger partial charge in [0.05, 0.1) is 0 Å². The summed E-state index contributed by atoms with van der Waals surface area (Å²) >= 11 is 5.78. The van der Waals surface area contributed by atoms with Crippen molar-refractivity contribution in [1.82, 2.24) is 10.0 Å². The molecule has 2 aromatic carbocycles. The van der Waals surface area contributed by atoms with Crippen molar-refractivity contribution in [1.29, 1.82) is 0 Å². The Balaban J connectivity index is 1.87. The fourth-order valence-electron chi connectivity index (χ4n) is 2.41. The van der Waals surface area contributed by atoms with E-state index in [0.29, 0.717) is 17.1 Å². The van der Waals surface area contributed by atoms with Gasteiger partial charge in [-0.2, -0.15) is 0 Å². The van der Waals surface area contributed by atoms with Gasteiger partial charge in [0.2, 0.25) is 15.9 Å². The van der Waals surface area contributed by atoms with Crippen LogP contribution in [0.15, 0.2) is 60.0 Å². The van der Waals surface area contributed by atoms with Crippen molar-refractivity contribution in [3.05, 3.63) is 71.5 Å². The van der Waals surface area contributed by atoms with E-state index in [9.17, 15) is 22.4 Å². The first kappa shape index (κ1) is 23.5. The number of benzene rings is 2. The number of carbonyl (C=O) groups is 2. The first-order valence-electron chi connectivity index (χ1n) is 8.96. The number of sulfonamides is 1. The van der Waals surface area contributed by atoms with Crippen LogP contribution in [0.1, 0.15) is 23.2 Å². The molecule has 0 aliphatic heterocycles. The largest absolute Gasteiger partial charge is 0.352 e. The van der Waals surface area contributed by atoms with Crippen molar-refractivity contribution in [3.8, 4) is 0 Å². The molecule has 2 aromatic rings. The van der Waals surface area contributed by atoms with E-state index in [0.717, 1.165) is 12.1 Å². The summed E-state index contributed by atoms with van der Waals surface area (Å²) in [6.07, 6.45) is 1.84. The summed E-state index contributed by atoms with van der Waals surface area (Å²) in [5.74, 6) is -1.77. The van der Waals surface area contributed by atoms with Gasteiger partial charge < -0.3 is 10.6 Å². The molecular weight excluding hydrogens is 433 g/mol. The van der Waals surface area contributed by atoms with Gasteiger partial charge >= 0.3 is 0 Å². The summed E-state index contributed by atoms with van der Waals surface area (Å²) < 4.78 is 40.3. The topological polar surface area (TPSA) is 104 Å². The molecule has 0 radical (unpaired) electrons. The summed E-state index contributed by atoms with van der Waals surface area (Å²) in [5.41, 5.74) is 0.597. The number of halogens is 2. The molecule has 160 valence electrons. The Bertz CT molecular complexity index is 1030. The zero-order valence-corrected chi connectivity index (χ0v) is 17.5. The number of hydrogen-bond donors (Lipinski definition) is 3. The molecule has 2 amide bonds. The molecule has 2 rings (SSSR count). The van der Waals surface area contributed by atoms with Gasteiger partial charge in [-0.05, 0) is 48.9 Å². The molecule has 3 N–H and O–H groups in total. The van der Waals surface area contributed by atoms with Crippen LogP contribution in [-0.2, 0) is 14.8 Å². The SMILES string of the molecule is C=CCNS(=O)(=O)c1cc(C(=O)NCCCC(=O)Nc2ccc(Cl)cc2)ccc1F. The number of rotatable bonds is 10. The lowest BCUT2D eigenvalue weighted by Crippen LogP contribution is -2.27. The lowest BCUT2D eigenvalue weighted by atomic mass is 10.2. The summed E-state index contributed by atoms with van der Waals surface area (Å²) in [6.45, 7) is 3.50. The van der Waals surface area contributed by atoms with Crippen LogP contribution in [0.5, 0.6) is 0 Å². The van der Waals surface area contributed by atoms with Crippen LogP contribution in [0.4, 0.5) is 10.1 Å². The second-order valence-corrected chi connectivity index (χ2v) is 8.37. The lowest BCUT2D eigenvalue weighted by molar-refractivity contribution is -0.116. The third-order valence-corrected chi connectivity index (χ3v) is 5.59. The average molecular weight is 454 g/mol. The van der Waals surface area contributed by atoms with Crippen LogP contribution < -0.4 is 15.4 Å². The molecule has 7 nitrogen and oxygen atoms in total. The predicted octanol–water partition coefficient (Wildman–Crippen LogP) is 3.09. The minimum atomic E-state index is -4.12. The normalized spacial score (nSPS) is 11.0. The fraction of sp³-hybridized carbons (Fsp3) is 0.200. The summed E-state index contributed by atoms with van der Waals surface area (Å²) in [7, 11) is -4.12. The number of nitrogens with one attached hydrogen (secondary N) is 3. The molecule has 0 aliphatic carbocycles. The summed E-state index contributed by atoms with van der Waals surface area (Å²) in [6, 6.07) is 9.71. The van der Waals surface area contributed by atoms with E-state index in [4.69, 9.17) is 11.6 Å². The molecule has 0 heterocycles. The molecule has 0 aliphatic rings. The highest BCUT2D eigenvalue weighted by Gasteiger charge is 2.20. The second kappa shape index (κ2) is 10.9. The highest BCUT2D eigenvalue weighted by molar-refractivity contribution is 7.89. The Kier molecular flexibility index (Phi) is 8.52. The number of hydrogen-bond acceptors (Lipinski definition) is 4. The van der Waals surface area contributed by atoms with Gasteiger partial charge in [0.15, 0.2) is 0 Å². The number of anilines is 1. The van der Waals surface area contributed by atoms with Crippen molar-refractivity contribution in [2.24, 2.45) is 0 Å². The molecule has 0 fully saturated rings. The highest BCUT2D eigenvalue weighted by atomic mass is 35.5. The van der Waals surface area contributed by atoms with E-state index in [1.807, 2.05) is 0 Å². The van der Waals surface area contributed by atoms with Gasteiger partial charge in [-0.15, -0.1) is 6.58 Å². The molecular formula is C20H21ClFN3O4S. The fourth-order valence-corrected chi connectivity index (χ4v) is 3.63. The average Bonchev–Trinajstić information content (AvgIpc) is 2.71. The van der Waals surface area contributed by atoms with Gasteiger partial charge in [-0.1, -0.05) is 17.7 Å². The van der Waals surface area contributed by atoms with Gasteiger partial charge in [0, 0.05) is 35.8 Å². The van der Waals surface area contributed by atoms with Gasteiger partial charge in [0.25, 0.3) is 5.91 Å². The van der Waals surface area contributed by atoms with Crippen molar-refractivity contribution in [2.45, 2.75) is 17.7 Å². The Labute approximate surface area is 179 Å². The Morgan fingerprint density at radius 2 is 1.83 bits per heavy atom. The Morgan fingerprint density at radius 1 is 1.13 bits per heavy atom. The van der Waals surface area contributed by atoms with E-state index >= 15 is 0 Å². The van der Waals surface area contributed by atoms with Crippen molar-refractivity contribution in [2.75, 3.05) is 18.4 Å². The lowest BCUT2D eigenvalue weighted by Gasteiger charge is -2.09. The monoisotopic (exact) mass is 453 g/mol. The molecule has 0 bridgehead atoms. The minimum absolute atomic E-state index is 0.0130. The van der Waals surface area contributed by atoms with Crippen molar-refractivity contribution in [3.63, 3.8) is 0 Å². The number of amides is 2. The van der Waals surface area contributed by atoms with Crippen molar-refractivity contribution >= 4 is 39.1 Å². The quantitative estimate of drug-likeness (QED) is 0.380. The maximum Gasteiger partial charge on any atom is 0.251 e. The zero-order chi connectivity index (χ0) is 22.1. The molecule has 0 unspecified atom stereocenters. The third-order valence-electron chi connectivity index (χ3n) is 3.89. The Morgan fingerprint density at radius 3 is 2.50 bits per heavy atom. The number of carbonyl (C=O) groups excluding carboxylic acids is 2. The summed E-state index contributed by atoms with van der Waals surface area (Å²) in [5, 5.41) is 5.84. The minimum Gasteiger partial charge on any atom is -0.352 e. The van der Waals surface area contributed by atoms with Crippen LogP contribution in [-0.4, -0.2) is 33.3 Å². The predicted molar refractivity (Wildman–Crippen MR) is 113 cm³/mol. The molecule has 0 saturated carbocycles. The van der Waals surface area contributed by atoms with Gasteiger partial charge in [0.1, 0.15) is 10.7 Å². The highest BCUT2D eigenvalue weighted by Crippen LogP contribution is 2.17. The van der Waals surface area contributed by atoms with E-state index in [1.165, 1.54) is 12.1 Å². The molecule has 30 heavy (non-hydrogen) atoms. The molecule has 10 heteroatoms. The van der Waals surface area contributed by atoms with Gasteiger partial charge in [-0.25, -0.2) is 17.5 Å².